The van der Waals surface area contributed by atoms with E-state index in [1.807, 2.05) is 23.6 Å². The minimum Gasteiger partial charge on any atom is -0.379 e. The van der Waals surface area contributed by atoms with Gasteiger partial charge < -0.3 is 19.8 Å². The van der Waals surface area contributed by atoms with Crippen molar-refractivity contribution in [1.29, 1.82) is 0 Å². The number of carbonyl (C=O) groups excluding carboxylic acids is 2. The number of rotatable bonds is 12. The Morgan fingerprint density at radius 3 is 2.72 bits per heavy atom. The number of fused-ring (bicyclic) bond motifs is 1. The van der Waals surface area contributed by atoms with Crippen LogP contribution in [0.4, 0.5) is 5.82 Å². The first-order valence-corrected chi connectivity index (χ1v) is 11.1. The number of nitrogens with two attached hydrogens (primary N) is 1. The van der Waals surface area contributed by atoms with Gasteiger partial charge in [0.05, 0.1) is 25.3 Å². The Labute approximate surface area is 188 Å². The predicted octanol–water partition coefficient (Wildman–Crippen LogP) is 2.91. The molecule has 2 heterocycles. The van der Waals surface area contributed by atoms with Crippen molar-refractivity contribution in [3.05, 3.63) is 35.4 Å². The summed E-state index contributed by atoms with van der Waals surface area (Å²) in [6.07, 6.45) is 6.38. The summed E-state index contributed by atoms with van der Waals surface area (Å²) in [4.78, 5) is 28.6. The summed E-state index contributed by atoms with van der Waals surface area (Å²) in [5, 5.41) is 3.46. The number of benzene rings is 1. The Bertz CT molecular complexity index is 996. The minimum absolute atomic E-state index is 0.237. The topological polar surface area (TPSA) is 108 Å². The standard InChI is InChI=1S/C24H32N4O4/c1-3-5-19-18-8-7-17(6-4-12-31-14-15-32-13-11-25)16-21(18)28(23(19)26-2)20-9-10-22(29)27-24(20)30/h3,5,7-8,16,20H,2,4,6,9-15,25H2,1H3,(H,27,29,30)/b5-3-. The van der Waals surface area contributed by atoms with E-state index in [-0.39, 0.29) is 11.8 Å². The molecule has 8 nitrogen and oxygen atoms in total. The van der Waals surface area contributed by atoms with E-state index in [9.17, 15) is 9.59 Å². The van der Waals surface area contributed by atoms with Gasteiger partial charge in [0.1, 0.15) is 11.9 Å². The van der Waals surface area contributed by atoms with Crippen LogP contribution in [0.5, 0.6) is 0 Å². The first-order valence-electron chi connectivity index (χ1n) is 11.1. The molecule has 2 aromatic rings. The van der Waals surface area contributed by atoms with Gasteiger partial charge in [-0.1, -0.05) is 24.3 Å². The first-order chi connectivity index (χ1) is 15.6. The lowest BCUT2D eigenvalue weighted by Gasteiger charge is -2.24. The number of nitrogens with one attached hydrogen (secondary N) is 1. The summed E-state index contributed by atoms with van der Waals surface area (Å²) < 4.78 is 12.8. The highest BCUT2D eigenvalue weighted by Crippen LogP contribution is 2.38. The summed E-state index contributed by atoms with van der Waals surface area (Å²) in [6, 6.07) is 5.77. The summed E-state index contributed by atoms with van der Waals surface area (Å²) in [5.74, 6) is 0.106. The third-order valence-electron chi connectivity index (χ3n) is 5.47. The number of hydrogen-bond donors (Lipinski definition) is 2. The Morgan fingerprint density at radius 1 is 1.25 bits per heavy atom. The minimum atomic E-state index is -0.498. The highest BCUT2D eigenvalue weighted by atomic mass is 16.5. The van der Waals surface area contributed by atoms with Crippen molar-refractivity contribution in [1.82, 2.24) is 9.88 Å². The zero-order valence-corrected chi connectivity index (χ0v) is 18.6. The fourth-order valence-corrected chi connectivity index (χ4v) is 4.04. The molecule has 0 radical (unpaired) electrons. The van der Waals surface area contributed by atoms with Crippen molar-refractivity contribution in [2.45, 2.75) is 38.6 Å². The molecule has 8 heteroatoms. The molecule has 1 saturated heterocycles. The van der Waals surface area contributed by atoms with E-state index in [4.69, 9.17) is 15.2 Å². The van der Waals surface area contributed by atoms with Crippen molar-refractivity contribution in [2.75, 3.05) is 33.0 Å². The Balaban J connectivity index is 1.81. The summed E-state index contributed by atoms with van der Waals surface area (Å²) in [5.41, 5.74) is 8.38. The molecule has 1 aromatic carbocycles. The van der Waals surface area contributed by atoms with Gasteiger partial charge in [0.2, 0.25) is 11.8 Å². The molecule has 3 rings (SSSR count). The lowest BCUT2D eigenvalue weighted by atomic mass is 10.0. The Hall–Kier alpha value is -2.81. The summed E-state index contributed by atoms with van der Waals surface area (Å²) >= 11 is 0. The molecule has 172 valence electrons. The molecule has 1 unspecified atom stereocenters. The molecule has 1 aromatic heterocycles. The Morgan fingerprint density at radius 2 is 2.03 bits per heavy atom. The maximum absolute atomic E-state index is 12.6. The quantitative estimate of drug-likeness (QED) is 0.300. The van der Waals surface area contributed by atoms with Gasteiger partial charge in [-0.15, -0.1) is 0 Å². The van der Waals surface area contributed by atoms with Gasteiger partial charge in [0.15, 0.2) is 0 Å². The predicted molar refractivity (Wildman–Crippen MR) is 126 cm³/mol. The first kappa shape index (κ1) is 23.8. The second-order valence-corrected chi connectivity index (χ2v) is 7.70. The fraction of sp³-hybridized carbons (Fsp3) is 0.458. The van der Waals surface area contributed by atoms with E-state index in [0.717, 1.165) is 34.9 Å². The maximum atomic E-state index is 12.6. The van der Waals surface area contributed by atoms with Crippen LogP contribution in [0.15, 0.2) is 29.3 Å². The van der Waals surface area contributed by atoms with E-state index < -0.39 is 6.04 Å². The van der Waals surface area contributed by atoms with Gasteiger partial charge in [0.25, 0.3) is 0 Å². The van der Waals surface area contributed by atoms with Crippen LogP contribution in [0.3, 0.4) is 0 Å². The lowest BCUT2D eigenvalue weighted by Crippen LogP contribution is -2.41. The third kappa shape index (κ3) is 5.51. The molecule has 0 aliphatic carbocycles. The summed E-state index contributed by atoms with van der Waals surface area (Å²) in [7, 11) is 0. The van der Waals surface area contributed by atoms with Crippen LogP contribution < -0.4 is 11.1 Å². The van der Waals surface area contributed by atoms with Crippen LogP contribution in [0.1, 0.15) is 43.4 Å². The highest BCUT2D eigenvalue weighted by molar-refractivity contribution is 6.02. The number of aromatic nitrogens is 1. The molecule has 0 bridgehead atoms. The van der Waals surface area contributed by atoms with Crippen LogP contribution in [-0.4, -0.2) is 56.1 Å². The van der Waals surface area contributed by atoms with E-state index in [1.54, 1.807) is 0 Å². The number of nitrogens with zero attached hydrogens (tertiary/aromatic N) is 2. The molecule has 32 heavy (non-hydrogen) atoms. The number of ether oxygens (including phenoxy) is 2. The van der Waals surface area contributed by atoms with Crippen LogP contribution >= 0.6 is 0 Å². The second kappa shape index (κ2) is 11.7. The SMILES string of the molecule is C=Nc1c(/C=C\C)c2ccc(CCCOCCOCCN)cc2n1C1CCC(=O)NC1=O. The number of amides is 2. The molecule has 1 aliphatic rings. The van der Waals surface area contributed by atoms with E-state index in [1.165, 1.54) is 0 Å². The van der Waals surface area contributed by atoms with Crippen molar-refractivity contribution >= 4 is 41.3 Å². The molecule has 0 saturated carbocycles. The lowest BCUT2D eigenvalue weighted by molar-refractivity contribution is -0.135. The molecule has 2 amide bonds. The third-order valence-corrected chi connectivity index (χ3v) is 5.47. The van der Waals surface area contributed by atoms with Crippen molar-refractivity contribution in [3.63, 3.8) is 0 Å². The largest absolute Gasteiger partial charge is 0.379 e. The molecule has 1 atom stereocenters. The molecule has 3 N–H and O–H groups in total. The number of hydrogen-bond acceptors (Lipinski definition) is 6. The number of carbonyl (C=O) groups is 2. The van der Waals surface area contributed by atoms with Gasteiger partial charge in [-0.3, -0.25) is 14.9 Å². The number of allylic oxidation sites excluding steroid dienone is 1. The number of imide groups is 1. The van der Waals surface area contributed by atoms with Crippen LogP contribution in [-0.2, 0) is 25.5 Å². The Kier molecular flexibility index (Phi) is 8.72. The normalized spacial score (nSPS) is 16.8. The van der Waals surface area contributed by atoms with E-state index >= 15 is 0 Å². The van der Waals surface area contributed by atoms with Crippen molar-refractivity contribution in [2.24, 2.45) is 10.7 Å². The summed E-state index contributed by atoms with van der Waals surface area (Å²) in [6.45, 7) is 8.50. The van der Waals surface area contributed by atoms with E-state index in [2.05, 4.69) is 35.2 Å². The van der Waals surface area contributed by atoms with Crippen molar-refractivity contribution in [3.8, 4) is 0 Å². The monoisotopic (exact) mass is 440 g/mol. The second-order valence-electron chi connectivity index (χ2n) is 7.70. The molecule has 0 spiro atoms. The van der Waals surface area contributed by atoms with Crippen LogP contribution in [0, 0.1) is 0 Å². The molecular formula is C24H32N4O4. The number of aryl methyl sites for hydroxylation is 1. The van der Waals surface area contributed by atoms with Crippen molar-refractivity contribution < 1.29 is 19.1 Å². The van der Waals surface area contributed by atoms with Crippen LogP contribution in [0.2, 0.25) is 0 Å². The highest BCUT2D eigenvalue weighted by Gasteiger charge is 2.31. The van der Waals surface area contributed by atoms with Gasteiger partial charge in [-0.05, 0) is 44.5 Å². The average Bonchev–Trinajstić information content (AvgIpc) is 3.08. The van der Waals surface area contributed by atoms with Gasteiger partial charge in [-0.2, -0.15) is 0 Å². The van der Waals surface area contributed by atoms with E-state index in [0.29, 0.717) is 51.6 Å². The zero-order valence-electron chi connectivity index (χ0n) is 18.6. The molecule has 1 fully saturated rings. The smallest absolute Gasteiger partial charge is 0.249 e. The maximum Gasteiger partial charge on any atom is 0.249 e. The zero-order chi connectivity index (χ0) is 22.9. The van der Waals surface area contributed by atoms with Crippen LogP contribution in [0.25, 0.3) is 17.0 Å². The number of piperidine rings is 1. The molecular weight excluding hydrogens is 408 g/mol. The van der Waals surface area contributed by atoms with Gasteiger partial charge in [-0.25, -0.2) is 4.99 Å². The number of aliphatic imine (C=N–C) groups is 1. The van der Waals surface area contributed by atoms with Gasteiger partial charge >= 0.3 is 0 Å². The molecule has 1 aliphatic heterocycles. The van der Waals surface area contributed by atoms with Gasteiger partial charge in [0, 0.05) is 30.5 Å². The fourth-order valence-electron chi connectivity index (χ4n) is 4.04. The average molecular weight is 441 g/mol.